The number of nitro benzene ring substituents is 1. The number of halogens is 2. The van der Waals surface area contributed by atoms with E-state index < -0.39 is 4.92 Å². The van der Waals surface area contributed by atoms with Crippen LogP contribution in [0.1, 0.15) is 11.1 Å². The van der Waals surface area contributed by atoms with E-state index in [1.807, 2.05) is 0 Å². The summed E-state index contributed by atoms with van der Waals surface area (Å²) in [6.45, 7) is 0.892. The van der Waals surface area contributed by atoms with Crippen molar-refractivity contribution in [2.45, 2.75) is 13.1 Å². The first-order chi connectivity index (χ1) is 9.58. The zero-order valence-electron chi connectivity index (χ0n) is 10.5. The normalized spacial score (nSPS) is 10.5. The van der Waals surface area contributed by atoms with Crippen LogP contribution < -0.4 is 5.32 Å². The molecule has 104 valence electrons. The van der Waals surface area contributed by atoms with Gasteiger partial charge >= 0.3 is 0 Å². The molecule has 2 aromatic rings. The molecule has 6 heteroatoms. The zero-order valence-corrected chi connectivity index (χ0v) is 12.1. The molecule has 2 rings (SSSR count). The fourth-order valence-electron chi connectivity index (χ4n) is 1.77. The molecule has 4 nitrogen and oxygen atoms in total. The first kappa shape index (κ1) is 14.6. The molecule has 0 spiro atoms. The van der Waals surface area contributed by atoms with Crippen LogP contribution in [0.15, 0.2) is 46.9 Å². The highest BCUT2D eigenvalue weighted by molar-refractivity contribution is 9.10. The number of hydrogen-bond acceptors (Lipinski definition) is 3. The third-order valence-corrected chi connectivity index (χ3v) is 3.57. The second kappa shape index (κ2) is 6.58. The van der Waals surface area contributed by atoms with Crippen molar-refractivity contribution in [3.8, 4) is 0 Å². The number of nitrogens with one attached hydrogen (secondary N) is 1. The van der Waals surface area contributed by atoms with Crippen molar-refractivity contribution in [1.29, 1.82) is 0 Å². The van der Waals surface area contributed by atoms with Crippen LogP contribution in [-0.4, -0.2) is 4.92 Å². The van der Waals surface area contributed by atoms with Crippen LogP contribution in [0.25, 0.3) is 0 Å². The molecule has 0 heterocycles. The largest absolute Gasteiger partial charge is 0.308 e. The summed E-state index contributed by atoms with van der Waals surface area (Å²) in [7, 11) is 0. The Morgan fingerprint density at radius 2 is 1.85 bits per heavy atom. The summed E-state index contributed by atoms with van der Waals surface area (Å²) in [5, 5.41) is 13.7. The van der Waals surface area contributed by atoms with Crippen molar-refractivity contribution in [2.24, 2.45) is 0 Å². The fraction of sp³-hybridized carbons (Fsp3) is 0.143. The molecule has 0 aromatic heterocycles. The Kier molecular flexibility index (Phi) is 4.81. The van der Waals surface area contributed by atoms with Crippen LogP contribution in [0.2, 0.25) is 0 Å². The molecule has 0 bridgehead atoms. The van der Waals surface area contributed by atoms with Gasteiger partial charge in [-0.15, -0.1) is 0 Å². The number of benzene rings is 2. The SMILES string of the molecule is O=[N+]([O-])c1ccc(CNCc2ccccc2F)c(Br)c1. The third kappa shape index (κ3) is 3.61. The lowest BCUT2D eigenvalue weighted by atomic mass is 10.2. The quantitative estimate of drug-likeness (QED) is 0.666. The second-order valence-corrected chi connectivity index (χ2v) is 5.08. The molecular formula is C14H12BrFN2O2. The van der Waals surface area contributed by atoms with Crippen LogP contribution in [0.5, 0.6) is 0 Å². The number of rotatable bonds is 5. The van der Waals surface area contributed by atoms with Gasteiger partial charge in [0.25, 0.3) is 5.69 Å². The first-order valence-electron chi connectivity index (χ1n) is 5.95. The maximum absolute atomic E-state index is 13.4. The molecule has 2 aromatic carbocycles. The number of hydrogen-bond donors (Lipinski definition) is 1. The van der Waals surface area contributed by atoms with E-state index in [0.29, 0.717) is 23.1 Å². The van der Waals surface area contributed by atoms with Crippen molar-refractivity contribution in [1.82, 2.24) is 5.32 Å². The van der Waals surface area contributed by atoms with E-state index in [-0.39, 0.29) is 11.5 Å². The van der Waals surface area contributed by atoms with Gasteiger partial charge in [0.2, 0.25) is 0 Å². The monoisotopic (exact) mass is 338 g/mol. The average Bonchev–Trinajstić information content (AvgIpc) is 2.42. The molecule has 0 saturated heterocycles. The molecule has 0 aliphatic heterocycles. The number of nitro groups is 1. The summed E-state index contributed by atoms with van der Waals surface area (Å²) in [5.74, 6) is -0.247. The molecule has 0 radical (unpaired) electrons. The van der Waals surface area contributed by atoms with Gasteiger partial charge in [-0.25, -0.2) is 4.39 Å². The van der Waals surface area contributed by atoms with E-state index >= 15 is 0 Å². The minimum Gasteiger partial charge on any atom is -0.308 e. The van der Waals surface area contributed by atoms with Gasteiger partial charge in [-0.1, -0.05) is 34.1 Å². The second-order valence-electron chi connectivity index (χ2n) is 4.23. The lowest BCUT2D eigenvalue weighted by Gasteiger charge is -2.07. The molecule has 0 aliphatic carbocycles. The Bertz CT molecular complexity index is 634. The zero-order chi connectivity index (χ0) is 14.5. The van der Waals surface area contributed by atoms with Crippen molar-refractivity contribution in [2.75, 3.05) is 0 Å². The highest BCUT2D eigenvalue weighted by Crippen LogP contribution is 2.23. The Hall–Kier alpha value is -1.79. The molecule has 20 heavy (non-hydrogen) atoms. The molecule has 1 N–H and O–H groups in total. The Labute approximate surface area is 123 Å². The van der Waals surface area contributed by atoms with Gasteiger partial charge in [0.15, 0.2) is 0 Å². The maximum Gasteiger partial charge on any atom is 0.270 e. The van der Waals surface area contributed by atoms with Gasteiger partial charge < -0.3 is 5.32 Å². The van der Waals surface area contributed by atoms with E-state index in [0.717, 1.165) is 5.56 Å². The molecule has 0 unspecified atom stereocenters. The summed E-state index contributed by atoms with van der Waals surface area (Å²) in [5.41, 5.74) is 1.51. The predicted octanol–water partition coefficient (Wildman–Crippen LogP) is 3.79. The minimum atomic E-state index is -0.443. The summed E-state index contributed by atoms with van der Waals surface area (Å²) in [6, 6.07) is 11.1. The minimum absolute atomic E-state index is 0.0368. The predicted molar refractivity (Wildman–Crippen MR) is 77.7 cm³/mol. The summed E-state index contributed by atoms with van der Waals surface area (Å²) < 4.78 is 14.1. The summed E-state index contributed by atoms with van der Waals surface area (Å²) in [6.07, 6.45) is 0. The Balaban J connectivity index is 1.98. The van der Waals surface area contributed by atoms with Gasteiger partial charge in [-0.2, -0.15) is 0 Å². The van der Waals surface area contributed by atoms with E-state index in [1.165, 1.54) is 18.2 Å². The van der Waals surface area contributed by atoms with Crippen molar-refractivity contribution < 1.29 is 9.31 Å². The fourth-order valence-corrected chi connectivity index (χ4v) is 2.27. The third-order valence-electron chi connectivity index (χ3n) is 2.84. The van der Waals surface area contributed by atoms with E-state index in [1.54, 1.807) is 24.3 Å². The van der Waals surface area contributed by atoms with Gasteiger partial charge in [0, 0.05) is 35.3 Å². The van der Waals surface area contributed by atoms with E-state index in [9.17, 15) is 14.5 Å². The molecule has 0 amide bonds. The summed E-state index contributed by atoms with van der Waals surface area (Å²) >= 11 is 3.30. The number of nitrogens with zero attached hydrogens (tertiary/aromatic N) is 1. The smallest absolute Gasteiger partial charge is 0.270 e. The highest BCUT2D eigenvalue weighted by Gasteiger charge is 2.09. The van der Waals surface area contributed by atoms with Gasteiger partial charge in [0.05, 0.1) is 4.92 Å². The van der Waals surface area contributed by atoms with Gasteiger partial charge in [0.1, 0.15) is 5.82 Å². The lowest BCUT2D eigenvalue weighted by Crippen LogP contribution is -2.14. The first-order valence-corrected chi connectivity index (χ1v) is 6.74. The standard InChI is InChI=1S/C14H12BrFN2O2/c15-13-7-12(18(19)20)6-5-10(13)8-17-9-11-3-1-2-4-14(11)16/h1-7,17H,8-9H2. The van der Waals surface area contributed by atoms with Crippen molar-refractivity contribution in [3.05, 3.63) is 74.0 Å². The Morgan fingerprint density at radius 3 is 2.50 bits per heavy atom. The van der Waals surface area contributed by atoms with Crippen molar-refractivity contribution in [3.63, 3.8) is 0 Å². The molecule has 0 saturated carbocycles. The molecular weight excluding hydrogens is 327 g/mol. The number of non-ortho nitro benzene ring substituents is 1. The summed E-state index contributed by atoms with van der Waals surface area (Å²) in [4.78, 5) is 10.2. The molecule has 0 fully saturated rings. The van der Waals surface area contributed by atoms with Gasteiger partial charge in [-0.3, -0.25) is 10.1 Å². The van der Waals surface area contributed by atoms with Crippen LogP contribution in [0.3, 0.4) is 0 Å². The maximum atomic E-state index is 13.4. The molecule has 0 aliphatic rings. The van der Waals surface area contributed by atoms with Crippen LogP contribution in [-0.2, 0) is 13.1 Å². The van der Waals surface area contributed by atoms with Crippen LogP contribution in [0.4, 0.5) is 10.1 Å². The molecule has 0 atom stereocenters. The van der Waals surface area contributed by atoms with Crippen molar-refractivity contribution >= 4 is 21.6 Å². The average molecular weight is 339 g/mol. The Morgan fingerprint density at radius 1 is 1.15 bits per heavy atom. The van der Waals surface area contributed by atoms with E-state index in [2.05, 4.69) is 21.2 Å². The van der Waals surface area contributed by atoms with E-state index in [4.69, 9.17) is 0 Å². The van der Waals surface area contributed by atoms with Crippen LogP contribution >= 0.6 is 15.9 Å². The van der Waals surface area contributed by atoms with Gasteiger partial charge in [-0.05, 0) is 17.7 Å². The lowest BCUT2D eigenvalue weighted by molar-refractivity contribution is -0.384. The van der Waals surface area contributed by atoms with Crippen LogP contribution in [0, 0.1) is 15.9 Å². The topological polar surface area (TPSA) is 55.2 Å². The highest BCUT2D eigenvalue weighted by atomic mass is 79.9.